The van der Waals surface area contributed by atoms with Crippen LogP contribution in [0.25, 0.3) is 11.0 Å². The van der Waals surface area contributed by atoms with E-state index in [1.807, 2.05) is 12.3 Å². The first-order valence-electron chi connectivity index (χ1n) is 9.24. The van der Waals surface area contributed by atoms with Crippen molar-refractivity contribution in [2.75, 3.05) is 26.2 Å². The lowest BCUT2D eigenvalue weighted by atomic mass is 9.93. The van der Waals surface area contributed by atoms with E-state index in [0.29, 0.717) is 18.1 Å². The van der Waals surface area contributed by atoms with Crippen LogP contribution < -0.4 is 5.32 Å². The summed E-state index contributed by atoms with van der Waals surface area (Å²) in [5.41, 5.74) is 3.86. The number of aromatic nitrogens is 2. The van der Waals surface area contributed by atoms with E-state index in [4.69, 9.17) is 4.74 Å². The summed E-state index contributed by atoms with van der Waals surface area (Å²) in [5, 5.41) is 4.83. The molecule has 2 aromatic heterocycles. The smallest absolute Gasteiger partial charge is 0.137 e. The monoisotopic (exact) mass is 328 g/mol. The average Bonchev–Trinajstić information content (AvgIpc) is 2.94. The molecule has 5 nitrogen and oxygen atoms in total. The molecule has 0 saturated carbocycles. The third-order valence-electron chi connectivity index (χ3n) is 5.29. The maximum Gasteiger partial charge on any atom is 0.137 e. The Kier molecular flexibility index (Phi) is 4.57. The summed E-state index contributed by atoms with van der Waals surface area (Å²) in [4.78, 5) is 10.7. The van der Waals surface area contributed by atoms with Crippen LogP contribution in [0, 0.1) is 0 Å². The fourth-order valence-corrected chi connectivity index (χ4v) is 4.35. The first-order chi connectivity index (χ1) is 11.7. The Labute approximate surface area is 143 Å². The van der Waals surface area contributed by atoms with Gasteiger partial charge < -0.3 is 15.0 Å². The van der Waals surface area contributed by atoms with Crippen molar-refractivity contribution in [3.8, 4) is 0 Å². The Morgan fingerprint density at radius 3 is 2.88 bits per heavy atom. The van der Waals surface area contributed by atoms with Gasteiger partial charge in [0.05, 0.1) is 12.2 Å². The highest BCUT2D eigenvalue weighted by Crippen LogP contribution is 2.32. The molecule has 4 heterocycles. The second-order valence-electron chi connectivity index (χ2n) is 7.41. The molecule has 0 spiro atoms. The molecule has 0 radical (unpaired) electrons. The fraction of sp³-hybridized carbons (Fsp3) is 0.632. The largest absolute Gasteiger partial charge is 0.373 e. The van der Waals surface area contributed by atoms with Gasteiger partial charge in [-0.2, -0.15) is 0 Å². The number of H-pyrrole nitrogens is 1. The Morgan fingerprint density at radius 2 is 2.12 bits per heavy atom. The van der Waals surface area contributed by atoms with Crippen LogP contribution in [0.1, 0.15) is 43.9 Å². The van der Waals surface area contributed by atoms with Crippen molar-refractivity contribution in [2.24, 2.45) is 0 Å². The summed E-state index contributed by atoms with van der Waals surface area (Å²) in [5.74, 6) is 0.568. The van der Waals surface area contributed by atoms with Crippen LogP contribution in [0.3, 0.4) is 0 Å². The Morgan fingerprint density at radius 1 is 1.29 bits per heavy atom. The molecule has 0 bridgehead atoms. The quantitative estimate of drug-likeness (QED) is 0.909. The van der Waals surface area contributed by atoms with E-state index in [9.17, 15) is 0 Å². The molecule has 2 fully saturated rings. The fourth-order valence-electron chi connectivity index (χ4n) is 4.35. The normalized spacial score (nSPS) is 29.2. The molecule has 0 aliphatic carbocycles. The van der Waals surface area contributed by atoms with Crippen LogP contribution in [0.15, 0.2) is 18.3 Å². The number of piperidine rings is 1. The number of hydrogen-bond acceptors (Lipinski definition) is 4. The first kappa shape index (κ1) is 16.1. The standard InChI is InChI=1S/C19H28N4O/c1-13-10-23(11-14(2)24-13)12-17-16-6-4-8-21-19(16)22-18(17)15-5-3-7-20-9-15/h4,6,8,13-15,20H,3,5,7,9-12H2,1-2H3,(H,21,22)/t13-,14-,15-/m1/s1. The number of nitrogens with one attached hydrogen (secondary N) is 2. The topological polar surface area (TPSA) is 53.2 Å². The minimum absolute atomic E-state index is 0.303. The number of aromatic amines is 1. The highest BCUT2D eigenvalue weighted by Gasteiger charge is 2.27. The lowest BCUT2D eigenvalue weighted by molar-refractivity contribution is -0.0704. The number of hydrogen-bond donors (Lipinski definition) is 2. The summed E-state index contributed by atoms with van der Waals surface area (Å²) in [6.45, 7) is 9.53. The maximum absolute atomic E-state index is 5.90. The molecule has 2 N–H and O–H groups in total. The third kappa shape index (κ3) is 3.21. The predicted molar refractivity (Wildman–Crippen MR) is 96.2 cm³/mol. The molecule has 5 heteroatoms. The van der Waals surface area contributed by atoms with E-state index < -0.39 is 0 Å². The Hall–Kier alpha value is -1.43. The van der Waals surface area contributed by atoms with E-state index in [1.165, 1.54) is 29.5 Å². The SMILES string of the molecule is C[C@@H]1CN(Cc2c([C@@H]3CCCNC3)[nH]c3ncccc23)C[C@@H](C)O1. The van der Waals surface area contributed by atoms with E-state index in [1.54, 1.807) is 0 Å². The van der Waals surface area contributed by atoms with Gasteiger partial charge in [-0.15, -0.1) is 0 Å². The van der Waals surface area contributed by atoms with E-state index in [-0.39, 0.29) is 0 Å². The summed E-state index contributed by atoms with van der Waals surface area (Å²) < 4.78 is 5.90. The second kappa shape index (κ2) is 6.82. The van der Waals surface area contributed by atoms with Crippen molar-refractivity contribution in [2.45, 2.75) is 51.4 Å². The lowest BCUT2D eigenvalue weighted by Crippen LogP contribution is -2.45. The molecule has 0 unspecified atom stereocenters. The van der Waals surface area contributed by atoms with Gasteiger partial charge in [0.25, 0.3) is 0 Å². The van der Waals surface area contributed by atoms with Crippen molar-refractivity contribution >= 4 is 11.0 Å². The van der Waals surface area contributed by atoms with Gasteiger partial charge >= 0.3 is 0 Å². The molecule has 0 amide bonds. The van der Waals surface area contributed by atoms with Gasteiger partial charge in [0.15, 0.2) is 0 Å². The first-order valence-corrected chi connectivity index (χ1v) is 9.24. The zero-order chi connectivity index (χ0) is 16.5. The highest BCUT2D eigenvalue weighted by molar-refractivity contribution is 5.81. The van der Waals surface area contributed by atoms with Crippen molar-refractivity contribution in [3.63, 3.8) is 0 Å². The zero-order valence-corrected chi connectivity index (χ0v) is 14.7. The molecular weight excluding hydrogens is 300 g/mol. The Bertz CT molecular complexity index is 682. The molecule has 4 rings (SSSR count). The number of ether oxygens (including phenoxy) is 1. The molecule has 2 aliphatic rings. The van der Waals surface area contributed by atoms with Gasteiger partial charge in [0.2, 0.25) is 0 Å². The highest BCUT2D eigenvalue weighted by atomic mass is 16.5. The number of morpholine rings is 1. The van der Waals surface area contributed by atoms with Crippen molar-refractivity contribution in [1.29, 1.82) is 0 Å². The number of pyridine rings is 1. The van der Waals surface area contributed by atoms with Gasteiger partial charge in [-0.25, -0.2) is 4.98 Å². The number of fused-ring (bicyclic) bond motifs is 1. The van der Waals surface area contributed by atoms with Crippen LogP contribution in [0.4, 0.5) is 0 Å². The number of rotatable bonds is 3. The second-order valence-corrected chi connectivity index (χ2v) is 7.41. The van der Waals surface area contributed by atoms with Gasteiger partial charge in [-0.3, -0.25) is 4.90 Å². The van der Waals surface area contributed by atoms with Gasteiger partial charge in [-0.05, 0) is 50.9 Å². The van der Waals surface area contributed by atoms with Crippen LogP contribution in [-0.4, -0.2) is 53.3 Å². The molecule has 130 valence electrons. The van der Waals surface area contributed by atoms with E-state index >= 15 is 0 Å². The Balaban J connectivity index is 1.67. The molecule has 0 aromatic carbocycles. The molecule has 2 aliphatic heterocycles. The van der Waals surface area contributed by atoms with Crippen LogP contribution >= 0.6 is 0 Å². The summed E-state index contributed by atoms with van der Waals surface area (Å²) in [7, 11) is 0. The van der Waals surface area contributed by atoms with Gasteiger partial charge in [-0.1, -0.05) is 0 Å². The third-order valence-corrected chi connectivity index (χ3v) is 5.29. The van der Waals surface area contributed by atoms with Crippen LogP contribution in [0.5, 0.6) is 0 Å². The molecule has 2 aromatic rings. The molecule has 24 heavy (non-hydrogen) atoms. The summed E-state index contributed by atoms with van der Waals surface area (Å²) >= 11 is 0. The number of nitrogens with zero attached hydrogens (tertiary/aromatic N) is 2. The minimum Gasteiger partial charge on any atom is -0.373 e. The van der Waals surface area contributed by atoms with Crippen molar-refractivity contribution in [3.05, 3.63) is 29.6 Å². The van der Waals surface area contributed by atoms with E-state index in [0.717, 1.165) is 38.4 Å². The lowest BCUT2D eigenvalue weighted by Gasteiger charge is -2.35. The van der Waals surface area contributed by atoms with Gasteiger partial charge in [0.1, 0.15) is 5.65 Å². The van der Waals surface area contributed by atoms with Gasteiger partial charge in [0, 0.05) is 49.4 Å². The molecular formula is C19H28N4O. The van der Waals surface area contributed by atoms with E-state index in [2.05, 4.69) is 40.1 Å². The minimum atomic E-state index is 0.303. The molecule has 2 saturated heterocycles. The molecule has 3 atom stereocenters. The van der Waals surface area contributed by atoms with Crippen molar-refractivity contribution in [1.82, 2.24) is 20.2 Å². The van der Waals surface area contributed by atoms with Crippen LogP contribution in [-0.2, 0) is 11.3 Å². The summed E-state index contributed by atoms with van der Waals surface area (Å²) in [6.07, 6.45) is 4.99. The average molecular weight is 328 g/mol. The summed E-state index contributed by atoms with van der Waals surface area (Å²) in [6, 6.07) is 4.26. The maximum atomic E-state index is 5.90. The zero-order valence-electron chi connectivity index (χ0n) is 14.7. The van der Waals surface area contributed by atoms with Crippen molar-refractivity contribution < 1.29 is 4.74 Å². The van der Waals surface area contributed by atoms with Crippen LogP contribution in [0.2, 0.25) is 0 Å². The predicted octanol–water partition coefficient (Wildman–Crippen LogP) is 2.64.